The summed E-state index contributed by atoms with van der Waals surface area (Å²) in [5.74, 6) is 1.89. The molecule has 0 fully saturated rings. The zero-order valence-corrected chi connectivity index (χ0v) is 33.7. The molecule has 11 aromatic carbocycles. The first kappa shape index (κ1) is 35.7. The van der Waals surface area contributed by atoms with Crippen LogP contribution in [-0.4, -0.2) is 15.0 Å². The molecule has 0 aliphatic heterocycles. The Labute approximate surface area is 359 Å². The third-order valence-electron chi connectivity index (χ3n) is 12.3. The van der Waals surface area contributed by atoms with E-state index >= 15 is 0 Å². The molecule has 0 saturated carbocycles. The third kappa shape index (κ3) is 6.10. The average Bonchev–Trinajstić information content (AvgIpc) is 3.35. The molecule has 288 valence electrons. The molecule has 0 atom stereocenters. The van der Waals surface area contributed by atoms with Gasteiger partial charge in [-0.1, -0.05) is 200 Å². The quantitative estimate of drug-likeness (QED) is 0.124. The van der Waals surface area contributed by atoms with Crippen molar-refractivity contribution in [3.8, 4) is 67.5 Å². The molecule has 0 amide bonds. The first-order chi connectivity index (χ1) is 30.7. The highest BCUT2D eigenvalue weighted by atomic mass is 15.0. The number of hydrogen-bond acceptors (Lipinski definition) is 3. The number of fused-ring (bicyclic) bond motifs is 6. The molecule has 0 aliphatic carbocycles. The molecule has 0 aliphatic rings. The fourth-order valence-corrected chi connectivity index (χ4v) is 9.33. The summed E-state index contributed by atoms with van der Waals surface area (Å²) >= 11 is 0. The molecule has 12 aromatic rings. The van der Waals surface area contributed by atoms with E-state index < -0.39 is 0 Å². The summed E-state index contributed by atoms with van der Waals surface area (Å²) in [5, 5.41) is 12.0. The Balaban J connectivity index is 1.03. The van der Waals surface area contributed by atoms with Gasteiger partial charge in [-0.15, -0.1) is 0 Å². The van der Waals surface area contributed by atoms with Gasteiger partial charge < -0.3 is 0 Å². The maximum Gasteiger partial charge on any atom is 0.164 e. The fourth-order valence-electron chi connectivity index (χ4n) is 9.33. The second-order valence-electron chi connectivity index (χ2n) is 15.9. The van der Waals surface area contributed by atoms with Crippen molar-refractivity contribution in [2.45, 2.75) is 0 Å². The van der Waals surface area contributed by atoms with Crippen LogP contribution in [0.25, 0.3) is 121 Å². The van der Waals surface area contributed by atoms with Crippen molar-refractivity contribution in [3.63, 3.8) is 0 Å². The van der Waals surface area contributed by atoms with Gasteiger partial charge in [-0.3, -0.25) is 0 Å². The van der Waals surface area contributed by atoms with Crippen molar-refractivity contribution in [3.05, 3.63) is 224 Å². The van der Waals surface area contributed by atoms with Gasteiger partial charge in [0.05, 0.1) is 0 Å². The highest BCUT2D eigenvalue weighted by Gasteiger charge is 2.19. The molecule has 62 heavy (non-hydrogen) atoms. The Morgan fingerprint density at radius 1 is 0.210 bits per heavy atom. The van der Waals surface area contributed by atoms with E-state index in [1.165, 1.54) is 54.6 Å². The van der Waals surface area contributed by atoms with Gasteiger partial charge in [-0.2, -0.15) is 0 Å². The van der Waals surface area contributed by atoms with Crippen molar-refractivity contribution in [2.75, 3.05) is 0 Å². The lowest BCUT2D eigenvalue weighted by Crippen LogP contribution is -2.01. The lowest BCUT2D eigenvalue weighted by atomic mass is 9.89. The van der Waals surface area contributed by atoms with Gasteiger partial charge in [0.1, 0.15) is 0 Å². The molecular weight excluding hydrogens is 751 g/mol. The van der Waals surface area contributed by atoms with Crippen LogP contribution in [0, 0.1) is 0 Å². The number of aromatic nitrogens is 3. The molecule has 0 unspecified atom stereocenters. The summed E-state index contributed by atoms with van der Waals surface area (Å²) in [6.45, 7) is 0. The molecule has 0 saturated heterocycles. The predicted molar refractivity (Wildman–Crippen MR) is 260 cm³/mol. The van der Waals surface area contributed by atoms with E-state index in [9.17, 15) is 0 Å². The lowest BCUT2D eigenvalue weighted by Gasteiger charge is -2.15. The Morgan fingerprint density at radius 2 is 0.710 bits per heavy atom. The summed E-state index contributed by atoms with van der Waals surface area (Å²) in [6.07, 6.45) is 0. The molecule has 1 aromatic heterocycles. The van der Waals surface area contributed by atoms with Crippen LogP contribution in [0.5, 0.6) is 0 Å². The molecule has 3 nitrogen and oxygen atoms in total. The smallest absolute Gasteiger partial charge is 0.164 e. The predicted octanol–water partition coefficient (Wildman–Crippen LogP) is 15.6. The van der Waals surface area contributed by atoms with Crippen LogP contribution in [0.4, 0.5) is 0 Å². The van der Waals surface area contributed by atoms with Crippen molar-refractivity contribution in [2.24, 2.45) is 0 Å². The van der Waals surface area contributed by atoms with Crippen molar-refractivity contribution in [1.82, 2.24) is 15.0 Å². The van der Waals surface area contributed by atoms with E-state index in [1.54, 1.807) is 0 Å². The Bertz CT molecular complexity index is 3690. The van der Waals surface area contributed by atoms with Gasteiger partial charge in [-0.25, -0.2) is 15.0 Å². The summed E-state index contributed by atoms with van der Waals surface area (Å²) in [6, 6.07) is 80.1. The SMILES string of the molecule is c1ccc(-c2ccccc2-c2nc(-c3ccc4cc(-c5c6ccccc6cc6c5ccc5ccccc56)ccc4c3)nc(-c3ccc(-c4ccccc4)c4ccccc34)n2)cc1. The van der Waals surface area contributed by atoms with Gasteiger partial charge in [0.15, 0.2) is 17.5 Å². The van der Waals surface area contributed by atoms with Crippen molar-refractivity contribution in [1.29, 1.82) is 0 Å². The molecule has 0 N–H and O–H groups in total. The summed E-state index contributed by atoms with van der Waals surface area (Å²) in [5.41, 5.74) is 9.81. The van der Waals surface area contributed by atoms with E-state index in [-0.39, 0.29) is 0 Å². The normalized spacial score (nSPS) is 11.5. The lowest BCUT2D eigenvalue weighted by molar-refractivity contribution is 1.08. The molecule has 3 heteroatoms. The maximum absolute atomic E-state index is 5.30. The van der Waals surface area contributed by atoms with Gasteiger partial charge in [-0.05, 0) is 112 Å². The van der Waals surface area contributed by atoms with Gasteiger partial charge in [0.25, 0.3) is 0 Å². The minimum atomic E-state index is 0.627. The Hall–Kier alpha value is -8.27. The summed E-state index contributed by atoms with van der Waals surface area (Å²) in [4.78, 5) is 15.9. The largest absolute Gasteiger partial charge is 0.208 e. The van der Waals surface area contributed by atoms with Gasteiger partial charge in [0.2, 0.25) is 0 Å². The zero-order chi connectivity index (χ0) is 41.0. The minimum absolute atomic E-state index is 0.627. The molecule has 1 heterocycles. The standard InChI is InChI=1S/C59H37N3/c1-3-15-38(16-4-1)46-21-11-14-26-53(46)58-60-57(61-59(62-58)54-34-33-48(39-17-5-2-6-18-39)50-24-12-13-25-51(50)54)45-30-28-41-35-44(29-27-42(41)36-45)56-49-23-10-8-20-43(49)37-55-47-22-9-7-19-40(47)31-32-52(55)56/h1-37H. The zero-order valence-electron chi connectivity index (χ0n) is 33.7. The summed E-state index contributed by atoms with van der Waals surface area (Å²) in [7, 11) is 0. The van der Waals surface area contributed by atoms with Crippen molar-refractivity contribution >= 4 is 53.9 Å². The first-order valence-corrected chi connectivity index (χ1v) is 21.1. The van der Waals surface area contributed by atoms with Crippen LogP contribution in [-0.2, 0) is 0 Å². The molecule has 0 bridgehead atoms. The topological polar surface area (TPSA) is 38.7 Å². The monoisotopic (exact) mass is 787 g/mol. The van der Waals surface area contributed by atoms with Crippen LogP contribution >= 0.6 is 0 Å². The van der Waals surface area contributed by atoms with E-state index in [0.717, 1.165) is 49.4 Å². The van der Waals surface area contributed by atoms with Crippen LogP contribution in [0.3, 0.4) is 0 Å². The second kappa shape index (κ2) is 14.8. The first-order valence-electron chi connectivity index (χ1n) is 21.1. The fraction of sp³-hybridized carbons (Fsp3) is 0. The highest BCUT2D eigenvalue weighted by Crippen LogP contribution is 2.41. The highest BCUT2D eigenvalue weighted by molar-refractivity contribution is 6.20. The van der Waals surface area contributed by atoms with Crippen LogP contribution in [0.2, 0.25) is 0 Å². The Morgan fingerprint density at radius 3 is 1.45 bits per heavy atom. The van der Waals surface area contributed by atoms with E-state index in [1.807, 2.05) is 6.07 Å². The number of benzene rings is 11. The van der Waals surface area contributed by atoms with Gasteiger partial charge in [0, 0.05) is 16.7 Å². The van der Waals surface area contributed by atoms with Crippen LogP contribution in [0.1, 0.15) is 0 Å². The molecular formula is C59H37N3. The van der Waals surface area contributed by atoms with Gasteiger partial charge >= 0.3 is 0 Å². The Kier molecular flexibility index (Phi) is 8.50. The maximum atomic E-state index is 5.30. The number of nitrogens with zero attached hydrogens (tertiary/aromatic N) is 3. The summed E-state index contributed by atoms with van der Waals surface area (Å²) < 4.78 is 0. The van der Waals surface area contributed by atoms with E-state index in [2.05, 4.69) is 218 Å². The molecule has 0 radical (unpaired) electrons. The second-order valence-corrected chi connectivity index (χ2v) is 15.9. The minimum Gasteiger partial charge on any atom is -0.208 e. The van der Waals surface area contributed by atoms with Crippen LogP contribution < -0.4 is 0 Å². The number of rotatable bonds is 6. The van der Waals surface area contributed by atoms with E-state index in [0.29, 0.717) is 17.5 Å². The average molecular weight is 788 g/mol. The third-order valence-corrected chi connectivity index (χ3v) is 12.3. The van der Waals surface area contributed by atoms with E-state index in [4.69, 9.17) is 15.0 Å². The molecule has 12 rings (SSSR count). The number of hydrogen-bond donors (Lipinski definition) is 0. The molecule has 0 spiro atoms. The van der Waals surface area contributed by atoms with Crippen molar-refractivity contribution < 1.29 is 0 Å². The van der Waals surface area contributed by atoms with Crippen LogP contribution in [0.15, 0.2) is 224 Å².